The number of rotatable bonds is 2. The van der Waals surface area contributed by atoms with Gasteiger partial charge in [0.2, 0.25) is 9.84 Å². The summed E-state index contributed by atoms with van der Waals surface area (Å²) in [5.41, 5.74) is 1.96. The van der Waals surface area contributed by atoms with Crippen LogP contribution in [-0.4, -0.2) is 39.5 Å². The smallest absolute Gasteiger partial charge is 0.206 e. The van der Waals surface area contributed by atoms with Crippen LogP contribution in [0.5, 0.6) is 0 Å². The lowest BCUT2D eigenvalue weighted by Crippen LogP contribution is -2.22. The standard InChI is InChI=1S/C19H20F2N2O2S/c1-23-8-6-14-15-10-12(3-5-18(15)22-19(14)7-9-23)26(24,25)13-2-4-16(20)17(21)11-13/h2-5,10-11,14,19,22H,6-9H2,1H3/t14-,19+/m1/s1. The highest BCUT2D eigenvalue weighted by atomic mass is 32.2. The molecule has 0 radical (unpaired) electrons. The number of nitrogens with zero attached hydrogens (tertiary/aromatic N) is 1. The summed E-state index contributed by atoms with van der Waals surface area (Å²) in [6.07, 6.45) is 1.96. The molecule has 0 unspecified atom stereocenters. The maximum atomic E-state index is 13.5. The normalized spacial score (nSPS) is 23.0. The molecule has 7 heteroatoms. The van der Waals surface area contributed by atoms with Crippen LogP contribution in [0.15, 0.2) is 46.2 Å². The zero-order valence-corrected chi connectivity index (χ0v) is 15.2. The Kier molecular flexibility index (Phi) is 4.23. The molecular formula is C19H20F2N2O2S. The molecule has 4 nitrogen and oxygen atoms in total. The largest absolute Gasteiger partial charge is 0.381 e. The number of hydrogen-bond acceptors (Lipinski definition) is 4. The molecule has 2 aromatic carbocycles. The van der Waals surface area contributed by atoms with Crippen LogP contribution in [0, 0.1) is 11.6 Å². The molecule has 0 aromatic heterocycles. The van der Waals surface area contributed by atoms with E-state index in [1.165, 1.54) is 6.07 Å². The Morgan fingerprint density at radius 1 is 1.00 bits per heavy atom. The van der Waals surface area contributed by atoms with E-state index in [0.717, 1.165) is 55.4 Å². The summed E-state index contributed by atoms with van der Waals surface area (Å²) in [5, 5.41) is 3.50. The number of likely N-dealkylation sites (tertiary alicyclic amines) is 1. The van der Waals surface area contributed by atoms with Gasteiger partial charge in [-0.3, -0.25) is 0 Å². The van der Waals surface area contributed by atoms with Crippen molar-refractivity contribution in [3.05, 3.63) is 53.6 Å². The Hall–Kier alpha value is -1.99. The van der Waals surface area contributed by atoms with Gasteiger partial charge < -0.3 is 10.2 Å². The first-order chi connectivity index (χ1) is 12.4. The molecular weight excluding hydrogens is 358 g/mol. The number of sulfone groups is 1. The fourth-order valence-electron chi connectivity index (χ4n) is 3.90. The van der Waals surface area contributed by atoms with Gasteiger partial charge in [-0.1, -0.05) is 0 Å². The van der Waals surface area contributed by atoms with Crippen molar-refractivity contribution in [3.8, 4) is 0 Å². The van der Waals surface area contributed by atoms with Gasteiger partial charge in [-0.2, -0.15) is 0 Å². The molecule has 138 valence electrons. The molecule has 2 aliphatic rings. The van der Waals surface area contributed by atoms with Crippen molar-refractivity contribution in [1.82, 2.24) is 4.90 Å². The molecule has 1 fully saturated rings. The number of fused-ring (bicyclic) bond motifs is 3. The summed E-state index contributed by atoms with van der Waals surface area (Å²) in [7, 11) is -1.81. The highest BCUT2D eigenvalue weighted by molar-refractivity contribution is 7.91. The number of anilines is 1. The molecule has 26 heavy (non-hydrogen) atoms. The first-order valence-electron chi connectivity index (χ1n) is 8.65. The summed E-state index contributed by atoms with van der Waals surface area (Å²) in [6, 6.07) is 7.97. The van der Waals surface area contributed by atoms with Gasteiger partial charge in [-0.15, -0.1) is 0 Å². The van der Waals surface area contributed by atoms with E-state index in [0.29, 0.717) is 6.04 Å². The monoisotopic (exact) mass is 378 g/mol. The Morgan fingerprint density at radius 2 is 1.69 bits per heavy atom. The van der Waals surface area contributed by atoms with Gasteiger partial charge in [0, 0.05) is 17.6 Å². The van der Waals surface area contributed by atoms with E-state index >= 15 is 0 Å². The quantitative estimate of drug-likeness (QED) is 0.814. The van der Waals surface area contributed by atoms with E-state index in [2.05, 4.69) is 17.3 Å². The predicted octanol–water partition coefficient (Wildman–Crippen LogP) is 3.40. The molecule has 2 aromatic rings. The van der Waals surface area contributed by atoms with Gasteiger partial charge >= 0.3 is 0 Å². The van der Waals surface area contributed by atoms with Crippen molar-refractivity contribution >= 4 is 15.5 Å². The summed E-state index contributed by atoms with van der Waals surface area (Å²) >= 11 is 0. The second kappa shape index (κ2) is 6.32. The fourth-order valence-corrected chi connectivity index (χ4v) is 5.21. The number of benzene rings is 2. The third kappa shape index (κ3) is 2.89. The van der Waals surface area contributed by atoms with Crippen LogP contribution < -0.4 is 5.32 Å². The SMILES string of the molecule is CN1CC[C@@H]2Nc3ccc(S(=O)(=O)c4ccc(F)c(F)c4)cc3[C@H]2CC1. The molecule has 1 N–H and O–H groups in total. The third-order valence-corrected chi connectivity index (χ3v) is 7.15. The molecule has 0 bridgehead atoms. The first kappa shape index (κ1) is 17.4. The number of halogens is 2. The minimum Gasteiger partial charge on any atom is -0.381 e. The zero-order chi connectivity index (χ0) is 18.5. The molecule has 0 aliphatic carbocycles. The van der Waals surface area contributed by atoms with E-state index in [-0.39, 0.29) is 15.7 Å². The van der Waals surface area contributed by atoms with Crippen molar-refractivity contribution in [2.24, 2.45) is 0 Å². The Bertz CT molecular complexity index is 962. The predicted molar refractivity (Wildman–Crippen MR) is 95.1 cm³/mol. The average molecular weight is 378 g/mol. The summed E-state index contributed by atoms with van der Waals surface area (Å²) in [4.78, 5) is 2.16. The van der Waals surface area contributed by atoms with Gasteiger partial charge in [-0.25, -0.2) is 17.2 Å². The number of hydrogen-bond donors (Lipinski definition) is 1. The molecule has 2 atom stereocenters. The topological polar surface area (TPSA) is 49.4 Å². The van der Waals surface area contributed by atoms with Gasteiger partial charge in [0.1, 0.15) is 0 Å². The molecule has 0 amide bonds. The first-order valence-corrected chi connectivity index (χ1v) is 10.1. The summed E-state index contributed by atoms with van der Waals surface area (Å²) in [6.45, 7) is 1.96. The minimum atomic E-state index is -3.90. The van der Waals surface area contributed by atoms with Gasteiger partial charge in [-0.05, 0) is 74.9 Å². The number of nitrogens with one attached hydrogen (secondary N) is 1. The van der Waals surface area contributed by atoms with Crippen LogP contribution >= 0.6 is 0 Å². The fraction of sp³-hybridized carbons (Fsp3) is 0.368. The highest BCUT2D eigenvalue weighted by Gasteiger charge is 2.35. The Morgan fingerprint density at radius 3 is 2.46 bits per heavy atom. The van der Waals surface area contributed by atoms with Crippen molar-refractivity contribution in [3.63, 3.8) is 0 Å². The van der Waals surface area contributed by atoms with Gasteiger partial charge in [0.15, 0.2) is 11.6 Å². The van der Waals surface area contributed by atoms with Crippen molar-refractivity contribution in [2.75, 3.05) is 25.5 Å². The maximum absolute atomic E-state index is 13.5. The third-order valence-electron chi connectivity index (χ3n) is 5.40. The lowest BCUT2D eigenvalue weighted by atomic mass is 9.91. The second-order valence-corrected chi connectivity index (χ2v) is 9.02. The van der Waals surface area contributed by atoms with Gasteiger partial charge in [0.05, 0.1) is 9.79 Å². The van der Waals surface area contributed by atoms with Crippen LogP contribution in [0.2, 0.25) is 0 Å². The molecule has 2 heterocycles. The van der Waals surface area contributed by atoms with E-state index in [9.17, 15) is 17.2 Å². The van der Waals surface area contributed by atoms with E-state index < -0.39 is 21.5 Å². The Balaban J connectivity index is 1.72. The molecule has 1 saturated heterocycles. The lowest BCUT2D eigenvalue weighted by molar-refractivity contribution is 0.346. The summed E-state index contributed by atoms with van der Waals surface area (Å²) in [5.74, 6) is -1.97. The molecule has 2 aliphatic heterocycles. The highest BCUT2D eigenvalue weighted by Crippen LogP contribution is 2.42. The van der Waals surface area contributed by atoms with Gasteiger partial charge in [0.25, 0.3) is 0 Å². The van der Waals surface area contributed by atoms with E-state index in [1.54, 1.807) is 12.1 Å². The van der Waals surface area contributed by atoms with Crippen molar-refractivity contribution in [1.29, 1.82) is 0 Å². The summed E-state index contributed by atoms with van der Waals surface area (Å²) < 4.78 is 52.4. The average Bonchev–Trinajstić information content (AvgIpc) is 2.86. The van der Waals surface area contributed by atoms with E-state index in [4.69, 9.17) is 0 Å². The zero-order valence-electron chi connectivity index (χ0n) is 14.4. The van der Waals surface area contributed by atoms with Crippen molar-refractivity contribution < 1.29 is 17.2 Å². The van der Waals surface area contributed by atoms with Crippen LogP contribution in [0.4, 0.5) is 14.5 Å². The lowest BCUT2D eigenvalue weighted by Gasteiger charge is -2.16. The molecule has 4 rings (SSSR count). The van der Waals surface area contributed by atoms with Crippen LogP contribution in [0.3, 0.4) is 0 Å². The maximum Gasteiger partial charge on any atom is 0.206 e. The Labute approximate surface area is 151 Å². The minimum absolute atomic E-state index is 0.113. The van der Waals surface area contributed by atoms with Crippen LogP contribution in [0.25, 0.3) is 0 Å². The van der Waals surface area contributed by atoms with E-state index in [1.807, 2.05) is 0 Å². The van der Waals surface area contributed by atoms with Crippen LogP contribution in [-0.2, 0) is 9.84 Å². The van der Waals surface area contributed by atoms with Crippen LogP contribution in [0.1, 0.15) is 24.3 Å². The molecule has 0 saturated carbocycles. The second-order valence-electron chi connectivity index (χ2n) is 7.07. The molecule has 0 spiro atoms. The van der Waals surface area contributed by atoms with Crippen molar-refractivity contribution in [2.45, 2.75) is 34.6 Å².